The van der Waals surface area contributed by atoms with Crippen molar-refractivity contribution < 1.29 is 27.9 Å². The van der Waals surface area contributed by atoms with Crippen LogP contribution >= 0.6 is 0 Å². The monoisotopic (exact) mass is 367 g/mol. The fourth-order valence-electron chi connectivity index (χ4n) is 2.90. The molecule has 0 bridgehead atoms. The van der Waals surface area contributed by atoms with Crippen LogP contribution in [0.4, 0.5) is 13.2 Å². The standard InChI is InChI=1S/C17H16F3N3O3/c18-17(19,20)9-13(24)22-5-7-23(8-6-22)16(26)14-15(25)12-4-2-1-3-11(12)10-21-14/h1-4,10,25H,5-9H2. The molecule has 0 spiro atoms. The van der Waals surface area contributed by atoms with E-state index in [4.69, 9.17) is 0 Å². The summed E-state index contributed by atoms with van der Waals surface area (Å²) in [5, 5.41) is 11.5. The highest BCUT2D eigenvalue weighted by molar-refractivity contribution is 6.01. The van der Waals surface area contributed by atoms with Gasteiger partial charge in [-0.3, -0.25) is 9.59 Å². The molecule has 138 valence electrons. The van der Waals surface area contributed by atoms with Gasteiger partial charge in [-0.1, -0.05) is 24.3 Å². The number of rotatable bonds is 2. The molecule has 0 unspecified atom stereocenters. The molecule has 3 rings (SSSR count). The maximum Gasteiger partial charge on any atom is 0.397 e. The fraction of sp³-hybridized carbons (Fsp3) is 0.353. The number of aromatic hydroxyl groups is 1. The van der Waals surface area contributed by atoms with Gasteiger partial charge in [-0.15, -0.1) is 0 Å². The molecule has 6 nitrogen and oxygen atoms in total. The van der Waals surface area contributed by atoms with E-state index in [1.54, 1.807) is 24.3 Å². The molecule has 1 fully saturated rings. The van der Waals surface area contributed by atoms with Crippen molar-refractivity contribution in [1.29, 1.82) is 0 Å². The molecule has 0 atom stereocenters. The van der Waals surface area contributed by atoms with Gasteiger partial charge < -0.3 is 14.9 Å². The van der Waals surface area contributed by atoms with E-state index in [1.807, 2.05) is 0 Å². The molecule has 26 heavy (non-hydrogen) atoms. The molecule has 1 saturated heterocycles. The summed E-state index contributed by atoms with van der Waals surface area (Å²) in [6.45, 7) is 0.177. The molecule has 1 aliphatic rings. The number of halogens is 3. The summed E-state index contributed by atoms with van der Waals surface area (Å²) in [6.07, 6.45) is -4.58. The van der Waals surface area contributed by atoms with Crippen LogP contribution in [0.15, 0.2) is 30.5 Å². The lowest BCUT2D eigenvalue weighted by Gasteiger charge is -2.34. The average Bonchev–Trinajstić information content (AvgIpc) is 2.60. The minimum Gasteiger partial charge on any atom is -0.505 e. The molecule has 2 aromatic rings. The summed E-state index contributed by atoms with van der Waals surface area (Å²) in [4.78, 5) is 30.7. The second-order valence-electron chi connectivity index (χ2n) is 6.01. The Morgan fingerprint density at radius 3 is 2.35 bits per heavy atom. The van der Waals surface area contributed by atoms with Gasteiger partial charge in [-0.2, -0.15) is 13.2 Å². The molecular weight excluding hydrogens is 351 g/mol. The Bertz CT molecular complexity index is 846. The third-order valence-electron chi connectivity index (χ3n) is 4.25. The highest BCUT2D eigenvalue weighted by Crippen LogP contribution is 2.28. The van der Waals surface area contributed by atoms with Gasteiger partial charge in [0.2, 0.25) is 5.91 Å². The van der Waals surface area contributed by atoms with Gasteiger partial charge in [0.1, 0.15) is 6.42 Å². The maximum absolute atomic E-state index is 12.6. The molecule has 1 aromatic heterocycles. The molecule has 1 N–H and O–H groups in total. The predicted octanol–water partition coefficient (Wildman–Crippen LogP) is 2.18. The molecule has 1 aromatic carbocycles. The summed E-state index contributed by atoms with van der Waals surface area (Å²) in [6, 6.07) is 6.92. The summed E-state index contributed by atoms with van der Waals surface area (Å²) >= 11 is 0. The highest BCUT2D eigenvalue weighted by Gasteiger charge is 2.35. The molecular formula is C17H16F3N3O3. The molecule has 0 saturated carbocycles. The quantitative estimate of drug-likeness (QED) is 0.883. The Kier molecular flexibility index (Phi) is 4.71. The van der Waals surface area contributed by atoms with Crippen LogP contribution in [0.2, 0.25) is 0 Å². The molecule has 2 heterocycles. The van der Waals surface area contributed by atoms with E-state index in [0.29, 0.717) is 10.8 Å². The number of amides is 2. The Labute approximate surface area is 146 Å². The second kappa shape index (κ2) is 6.81. The van der Waals surface area contributed by atoms with E-state index in [9.17, 15) is 27.9 Å². The van der Waals surface area contributed by atoms with Crippen LogP contribution in [0, 0.1) is 0 Å². The number of carbonyl (C=O) groups excluding carboxylic acids is 2. The van der Waals surface area contributed by atoms with Gasteiger partial charge in [0.25, 0.3) is 5.91 Å². The molecule has 9 heteroatoms. The average molecular weight is 367 g/mol. The van der Waals surface area contributed by atoms with Crippen LogP contribution < -0.4 is 0 Å². The minimum absolute atomic E-state index is 0.00893. The Morgan fingerprint density at radius 1 is 1.08 bits per heavy atom. The number of hydrogen-bond acceptors (Lipinski definition) is 4. The third-order valence-corrected chi connectivity index (χ3v) is 4.25. The zero-order valence-electron chi connectivity index (χ0n) is 13.7. The van der Waals surface area contributed by atoms with Gasteiger partial charge in [0.15, 0.2) is 11.4 Å². The first-order valence-electron chi connectivity index (χ1n) is 7.97. The van der Waals surface area contributed by atoms with E-state index >= 15 is 0 Å². The minimum atomic E-state index is -4.55. The predicted molar refractivity (Wildman–Crippen MR) is 86.6 cm³/mol. The highest BCUT2D eigenvalue weighted by atomic mass is 19.4. The number of aromatic nitrogens is 1. The molecule has 0 radical (unpaired) electrons. The second-order valence-corrected chi connectivity index (χ2v) is 6.01. The SMILES string of the molecule is O=C(CC(F)(F)F)N1CCN(C(=O)c2ncc3ccccc3c2O)CC1. The normalized spacial score (nSPS) is 15.3. The lowest BCUT2D eigenvalue weighted by molar-refractivity contribution is -0.162. The van der Waals surface area contributed by atoms with Crippen molar-refractivity contribution in [1.82, 2.24) is 14.8 Å². The third kappa shape index (κ3) is 3.71. The lowest BCUT2D eigenvalue weighted by Crippen LogP contribution is -2.51. The summed E-state index contributed by atoms with van der Waals surface area (Å²) in [5.41, 5.74) is -0.112. The molecule has 1 aliphatic heterocycles. The maximum atomic E-state index is 12.6. The van der Waals surface area contributed by atoms with Gasteiger partial charge in [-0.25, -0.2) is 4.98 Å². The largest absolute Gasteiger partial charge is 0.505 e. The van der Waals surface area contributed by atoms with Crippen molar-refractivity contribution in [3.63, 3.8) is 0 Å². The first-order chi connectivity index (χ1) is 12.3. The summed E-state index contributed by atoms with van der Waals surface area (Å²) in [7, 11) is 0. The van der Waals surface area contributed by atoms with E-state index < -0.39 is 24.4 Å². The Hall–Kier alpha value is -2.84. The lowest BCUT2D eigenvalue weighted by atomic mass is 10.1. The van der Waals surface area contributed by atoms with Crippen LogP contribution in [0.1, 0.15) is 16.9 Å². The van der Waals surface area contributed by atoms with Crippen molar-refractivity contribution in [3.05, 3.63) is 36.2 Å². The molecule has 0 aliphatic carbocycles. The van der Waals surface area contributed by atoms with E-state index in [-0.39, 0.29) is 37.6 Å². The number of alkyl halides is 3. The summed E-state index contributed by atoms with van der Waals surface area (Å²) in [5.74, 6) is -1.75. The van der Waals surface area contributed by atoms with Crippen LogP contribution in [0.5, 0.6) is 5.75 Å². The van der Waals surface area contributed by atoms with Crippen molar-refractivity contribution >= 4 is 22.6 Å². The van der Waals surface area contributed by atoms with E-state index in [2.05, 4.69) is 4.98 Å². The van der Waals surface area contributed by atoms with Crippen LogP contribution in [-0.4, -0.2) is 64.1 Å². The number of carbonyl (C=O) groups is 2. The molecule has 2 amide bonds. The number of piperazine rings is 1. The van der Waals surface area contributed by atoms with Crippen molar-refractivity contribution in [2.24, 2.45) is 0 Å². The van der Waals surface area contributed by atoms with E-state index in [0.717, 1.165) is 4.90 Å². The van der Waals surface area contributed by atoms with E-state index in [1.165, 1.54) is 11.1 Å². The zero-order valence-corrected chi connectivity index (χ0v) is 13.7. The van der Waals surface area contributed by atoms with Crippen molar-refractivity contribution in [2.45, 2.75) is 12.6 Å². The number of hydrogen-bond donors (Lipinski definition) is 1. The van der Waals surface area contributed by atoms with Gasteiger partial charge in [0, 0.05) is 43.1 Å². The topological polar surface area (TPSA) is 73.7 Å². The van der Waals surface area contributed by atoms with Crippen molar-refractivity contribution in [3.8, 4) is 5.75 Å². The van der Waals surface area contributed by atoms with Crippen molar-refractivity contribution in [2.75, 3.05) is 26.2 Å². The van der Waals surface area contributed by atoms with Crippen LogP contribution in [-0.2, 0) is 4.79 Å². The Balaban J connectivity index is 1.69. The van der Waals surface area contributed by atoms with Crippen LogP contribution in [0.25, 0.3) is 10.8 Å². The van der Waals surface area contributed by atoms with Gasteiger partial charge in [-0.05, 0) is 0 Å². The number of fused-ring (bicyclic) bond motifs is 1. The first-order valence-corrected chi connectivity index (χ1v) is 7.97. The van der Waals surface area contributed by atoms with Gasteiger partial charge in [0.05, 0.1) is 0 Å². The summed E-state index contributed by atoms with van der Waals surface area (Å²) < 4.78 is 36.9. The fourth-order valence-corrected chi connectivity index (χ4v) is 2.90. The smallest absolute Gasteiger partial charge is 0.397 e. The first kappa shape index (κ1) is 18.0. The number of benzene rings is 1. The van der Waals surface area contributed by atoms with Gasteiger partial charge >= 0.3 is 6.18 Å². The number of pyridine rings is 1. The zero-order chi connectivity index (χ0) is 18.9. The Morgan fingerprint density at radius 2 is 1.69 bits per heavy atom. The van der Waals surface area contributed by atoms with Crippen LogP contribution in [0.3, 0.4) is 0 Å². The number of nitrogens with zero attached hydrogens (tertiary/aromatic N) is 3.